The van der Waals surface area contributed by atoms with Crippen molar-refractivity contribution in [3.05, 3.63) is 124 Å². The van der Waals surface area contributed by atoms with Crippen molar-refractivity contribution in [1.29, 1.82) is 0 Å². The van der Waals surface area contributed by atoms with E-state index in [9.17, 15) is 19.8 Å². The van der Waals surface area contributed by atoms with Crippen LogP contribution in [0.15, 0.2) is 112 Å². The Morgan fingerprint density at radius 2 is 1.54 bits per heavy atom. The number of thiazole rings is 1. The van der Waals surface area contributed by atoms with Crippen LogP contribution in [0.1, 0.15) is 43.2 Å². The quantitative estimate of drug-likeness (QED) is 0.0748. The Morgan fingerprint density at radius 1 is 0.870 bits per heavy atom. The van der Waals surface area contributed by atoms with Crippen molar-refractivity contribution in [2.45, 2.75) is 51.8 Å². The summed E-state index contributed by atoms with van der Waals surface area (Å²) in [7, 11) is 0. The molecule has 3 atom stereocenters. The lowest BCUT2D eigenvalue weighted by atomic mass is 9.91. The second kappa shape index (κ2) is 21.9. The number of carbonyl (C=O) groups is 2. The Morgan fingerprint density at radius 3 is 2.22 bits per heavy atom. The van der Waals surface area contributed by atoms with E-state index in [-0.39, 0.29) is 36.4 Å². The Balaban J connectivity index is 0.702. The predicted octanol–water partition coefficient (Wildman–Crippen LogP) is 9.34. The first-order valence-corrected chi connectivity index (χ1v) is 25.7. The highest BCUT2D eigenvalue weighted by Gasteiger charge is 2.43. The molecule has 2 fully saturated rings. The number of aromatic nitrogens is 2. The highest BCUT2D eigenvalue weighted by Crippen LogP contribution is 2.47. The fourth-order valence-electron chi connectivity index (χ4n) is 8.85. The summed E-state index contributed by atoms with van der Waals surface area (Å²) >= 11 is 6.70. The molecule has 0 bridgehead atoms. The number of halogens is 1. The molecular formula is C52H55BrN6O8S2. The molecule has 0 aliphatic carbocycles. The molecule has 17 heteroatoms. The number of aromatic hydroxyl groups is 1. The number of aliphatic hydroxyl groups excluding tert-OH is 1. The van der Waals surface area contributed by atoms with Crippen LogP contribution in [0, 0.1) is 12.8 Å². The summed E-state index contributed by atoms with van der Waals surface area (Å²) in [6.07, 6.45) is -0.659. The number of thiophene rings is 1. The largest absolute Gasteiger partial charge is 0.508 e. The molecule has 7 aromatic rings. The number of rotatable bonds is 18. The van der Waals surface area contributed by atoms with Gasteiger partial charge in [-0.25, -0.2) is 4.98 Å². The lowest BCUT2D eigenvalue weighted by Gasteiger charge is -2.34. The van der Waals surface area contributed by atoms with Crippen LogP contribution in [-0.4, -0.2) is 118 Å². The first-order chi connectivity index (χ1) is 33.4. The van der Waals surface area contributed by atoms with Crippen LogP contribution in [0.3, 0.4) is 0 Å². The normalized spacial score (nSPS) is 17.1. The van der Waals surface area contributed by atoms with Gasteiger partial charge in [-0.2, -0.15) is 0 Å². The molecule has 4 aromatic carbocycles. The molecular weight excluding hydrogens is 981 g/mol. The first kappa shape index (κ1) is 48.2. The van der Waals surface area contributed by atoms with E-state index < -0.39 is 18.1 Å². The van der Waals surface area contributed by atoms with E-state index in [2.05, 4.69) is 53.3 Å². The molecule has 2 unspecified atom stereocenters. The summed E-state index contributed by atoms with van der Waals surface area (Å²) in [6, 6.07) is 30.0. The number of carbonyl (C=O) groups excluding carboxylic acids is 2. The Bertz CT molecular complexity index is 2840. The third-order valence-electron chi connectivity index (χ3n) is 12.6. The van der Waals surface area contributed by atoms with Gasteiger partial charge in [-0.3, -0.25) is 19.4 Å². The zero-order valence-corrected chi connectivity index (χ0v) is 41.9. The van der Waals surface area contributed by atoms with Gasteiger partial charge in [0, 0.05) is 79.4 Å². The fraction of sp³-hybridized carbons (Fsp3) is 0.346. The number of nitrogens with one attached hydrogen (secondary N) is 1. The van der Waals surface area contributed by atoms with E-state index in [1.54, 1.807) is 40.9 Å². The Hall–Kier alpha value is -5.82. The van der Waals surface area contributed by atoms with Gasteiger partial charge in [-0.1, -0.05) is 66.2 Å². The summed E-state index contributed by atoms with van der Waals surface area (Å²) in [5.74, 6) is 1.62. The highest BCUT2D eigenvalue weighted by atomic mass is 79.9. The van der Waals surface area contributed by atoms with Gasteiger partial charge in [0.15, 0.2) is 11.5 Å². The number of piperazine rings is 1. The van der Waals surface area contributed by atoms with Crippen LogP contribution in [0.25, 0.3) is 31.0 Å². The highest BCUT2D eigenvalue weighted by molar-refractivity contribution is 9.10. The number of amides is 2. The molecule has 0 radical (unpaired) electrons. The van der Waals surface area contributed by atoms with Crippen molar-refractivity contribution < 1.29 is 38.5 Å². The van der Waals surface area contributed by atoms with Crippen LogP contribution in [0.2, 0.25) is 0 Å². The Kier molecular flexibility index (Phi) is 15.3. The molecule has 2 saturated heterocycles. The van der Waals surface area contributed by atoms with E-state index in [1.807, 2.05) is 93.0 Å². The Labute approximate surface area is 417 Å². The zero-order chi connectivity index (χ0) is 48.0. The van der Waals surface area contributed by atoms with Crippen LogP contribution < -0.4 is 19.5 Å². The van der Waals surface area contributed by atoms with E-state index >= 15 is 0 Å². The standard InChI is InChI=1S/C52H55BrN6O8S2/c1-32(2)47(52(63)59-30-39(61)26-43(59)51(62)54-29-34-4-6-35(7-5-34)49-33(3)55-31-68-49)44-28-46(56-67-44)65-25-23-58-20-18-57(19-21-58)22-24-64-40-13-15-41(16-14-40)66-48-42-17-12-38(60)27-45(42)69-50(48)36-8-10-37(53)11-9-36/h4-17,27-28,31-32,39,43,47,60-61H,18-26,29-30H2,1-3H3,(H,54,62)/t39?,43?,47-/m0/s1. The maximum atomic E-state index is 14.1. The van der Waals surface area contributed by atoms with Crippen molar-refractivity contribution >= 4 is 60.5 Å². The van der Waals surface area contributed by atoms with Crippen molar-refractivity contribution in [3.8, 4) is 49.8 Å². The molecule has 3 aromatic heterocycles. The maximum Gasteiger partial charge on any atom is 0.254 e. The van der Waals surface area contributed by atoms with E-state index in [0.29, 0.717) is 43.7 Å². The second-order valence-electron chi connectivity index (χ2n) is 17.8. The van der Waals surface area contributed by atoms with Gasteiger partial charge >= 0.3 is 0 Å². The number of hydrogen-bond acceptors (Lipinski definition) is 14. The van der Waals surface area contributed by atoms with Crippen LogP contribution in [0.5, 0.6) is 28.9 Å². The van der Waals surface area contributed by atoms with Gasteiger partial charge in [0.1, 0.15) is 42.4 Å². The summed E-state index contributed by atoms with van der Waals surface area (Å²) in [4.78, 5) is 40.3. The van der Waals surface area contributed by atoms with E-state index in [1.165, 1.54) is 4.90 Å². The number of benzene rings is 4. The molecule has 2 amide bonds. The molecule has 69 heavy (non-hydrogen) atoms. The monoisotopic (exact) mass is 1030 g/mol. The van der Waals surface area contributed by atoms with Gasteiger partial charge in [0.25, 0.3) is 5.88 Å². The number of hydrogen-bond donors (Lipinski definition) is 3. The third kappa shape index (κ3) is 11.6. The molecule has 3 N–H and O–H groups in total. The number of ether oxygens (including phenoxy) is 3. The molecule has 14 nitrogen and oxygen atoms in total. The van der Waals surface area contributed by atoms with E-state index in [0.717, 1.165) is 90.9 Å². The molecule has 2 aliphatic rings. The summed E-state index contributed by atoms with van der Waals surface area (Å²) in [6.45, 7) is 12.2. The van der Waals surface area contributed by atoms with Crippen molar-refractivity contribution in [1.82, 2.24) is 30.2 Å². The first-order valence-electron chi connectivity index (χ1n) is 23.2. The minimum absolute atomic E-state index is 0.0591. The molecule has 0 spiro atoms. The van der Waals surface area contributed by atoms with Crippen LogP contribution >= 0.6 is 38.6 Å². The number of phenolic OH excluding ortho intramolecular Hbond substituents is 1. The lowest BCUT2D eigenvalue weighted by molar-refractivity contribution is -0.141. The molecule has 9 rings (SSSR count). The van der Waals surface area contributed by atoms with Gasteiger partial charge in [-0.15, -0.1) is 22.7 Å². The second-order valence-corrected chi connectivity index (χ2v) is 20.6. The average Bonchev–Trinajstić information content (AvgIpc) is 4.16. The minimum atomic E-state index is -0.815. The number of nitrogens with zero attached hydrogens (tertiary/aromatic N) is 5. The van der Waals surface area contributed by atoms with Crippen molar-refractivity contribution in [2.75, 3.05) is 59.0 Å². The maximum absolute atomic E-state index is 14.1. The summed E-state index contributed by atoms with van der Waals surface area (Å²) in [5, 5.41) is 28.8. The number of aliphatic hydroxyl groups is 1. The molecule has 360 valence electrons. The third-order valence-corrected chi connectivity index (χ3v) is 15.3. The van der Waals surface area contributed by atoms with E-state index in [4.69, 9.17) is 18.7 Å². The lowest BCUT2D eigenvalue weighted by Crippen LogP contribution is -2.48. The molecule has 5 heterocycles. The van der Waals surface area contributed by atoms with Gasteiger partial charge in [0.2, 0.25) is 11.8 Å². The number of likely N-dealkylation sites (tertiary alicyclic amines) is 1. The van der Waals surface area contributed by atoms with Crippen molar-refractivity contribution in [3.63, 3.8) is 0 Å². The minimum Gasteiger partial charge on any atom is -0.508 e. The number of β-amino-alcohol motifs (C(OH)–C–C–N with tert-alkyl or cyclic N) is 1. The molecule has 2 aliphatic heterocycles. The van der Waals surface area contributed by atoms with Crippen molar-refractivity contribution in [2.24, 2.45) is 5.92 Å². The number of phenols is 1. The van der Waals surface area contributed by atoms with Gasteiger partial charge in [-0.05, 0) is 89.3 Å². The summed E-state index contributed by atoms with van der Waals surface area (Å²) < 4.78 is 26.3. The topological polar surface area (TPSA) is 163 Å². The number of fused-ring (bicyclic) bond motifs is 1. The zero-order valence-electron chi connectivity index (χ0n) is 38.7. The predicted molar refractivity (Wildman–Crippen MR) is 271 cm³/mol. The number of aryl methyl sites for hydroxylation is 1. The SMILES string of the molecule is Cc1ncsc1-c1ccc(CNC(=O)C2CC(O)CN2C(=O)[C@H](c2cc(OCCN3CCN(CCOc4ccc(Oc5c(-c6ccc(Br)cc6)sc6cc(O)ccc56)cc4)CC3)no2)C(C)C)cc1. The fourth-order valence-corrected chi connectivity index (χ4v) is 11.1. The average molecular weight is 1040 g/mol. The molecule has 0 saturated carbocycles. The van der Waals surface area contributed by atoms with Gasteiger partial charge < -0.3 is 39.2 Å². The summed E-state index contributed by atoms with van der Waals surface area (Å²) in [5.41, 5.74) is 5.84. The van der Waals surface area contributed by atoms with Gasteiger partial charge in [0.05, 0.1) is 27.1 Å². The van der Waals surface area contributed by atoms with Crippen LogP contribution in [-0.2, 0) is 16.1 Å². The van der Waals surface area contributed by atoms with Crippen LogP contribution in [0.4, 0.5) is 0 Å². The smallest absolute Gasteiger partial charge is 0.254 e.